The Hall–Kier alpha value is -4.57. The van der Waals surface area contributed by atoms with Gasteiger partial charge in [0.05, 0.1) is 32.5 Å². The number of primary amides is 1. The normalized spacial score (nSPS) is 16.8. The van der Waals surface area contributed by atoms with E-state index in [4.69, 9.17) is 34.8 Å². The van der Waals surface area contributed by atoms with Gasteiger partial charge in [0.25, 0.3) is 0 Å². The molecule has 238 valence electrons. The molecule has 1 atom stereocenters. The summed E-state index contributed by atoms with van der Waals surface area (Å²) in [5.41, 5.74) is 6.83. The van der Waals surface area contributed by atoms with E-state index in [2.05, 4.69) is 11.8 Å². The second-order valence-electron chi connectivity index (χ2n) is 11.9. The zero-order valence-corrected chi connectivity index (χ0v) is 26.3. The molecule has 0 aliphatic carbocycles. The predicted molar refractivity (Wildman–Crippen MR) is 170 cm³/mol. The lowest BCUT2D eigenvalue weighted by Crippen LogP contribution is -2.50. The Bertz CT molecular complexity index is 1540. The molecule has 5 rings (SSSR count). The van der Waals surface area contributed by atoms with Gasteiger partial charge in [-0.25, -0.2) is 0 Å². The molecule has 3 aromatic carbocycles. The Balaban J connectivity index is 1.36. The molecular formula is C35H41N3O7. The van der Waals surface area contributed by atoms with Crippen molar-refractivity contribution in [3.05, 3.63) is 77.4 Å². The summed E-state index contributed by atoms with van der Waals surface area (Å²) in [6, 6.07) is 18.7. The van der Waals surface area contributed by atoms with Crippen LogP contribution in [0, 0.1) is 5.41 Å². The third-order valence-corrected chi connectivity index (χ3v) is 9.32. The number of carbonyl (C=O) groups is 2. The van der Waals surface area contributed by atoms with Crippen molar-refractivity contribution in [1.82, 2.24) is 4.90 Å². The van der Waals surface area contributed by atoms with Crippen LogP contribution < -0.4 is 29.4 Å². The Morgan fingerprint density at radius 2 is 1.58 bits per heavy atom. The van der Waals surface area contributed by atoms with Gasteiger partial charge in [-0.2, -0.15) is 0 Å². The fourth-order valence-electron chi connectivity index (χ4n) is 6.46. The van der Waals surface area contributed by atoms with Gasteiger partial charge in [0, 0.05) is 12.0 Å². The summed E-state index contributed by atoms with van der Waals surface area (Å²) >= 11 is 0. The van der Waals surface area contributed by atoms with E-state index in [1.165, 1.54) is 21.3 Å². The maximum atomic E-state index is 13.7. The van der Waals surface area contributed by atoms with Gasteiger partial charge in [-0.15, -0.1) is 0 Å². The molecule has 1 fully saturated rings. The van der Waals surface area contributed by atoms with E-state index in [1.807, 2.05) is 48.5 Å². The van der Waals surface area contributed by atoms with Gasteiger partial charge in [-0.05, 0) is 79.7 Å². The number of nitrogens with two attached hydrogens (primary N) is 1. The quantitative estimate of drug-likeness (QED) is 0.205. The zero-order valence-electron chi connectivity index (χ0n) is 26.3. The van der Waals surface area contributed by atoms with Crippen molar-refractivity contribution in [2.75, 3.05) is 47.8 Å². The van der Waals surface area contributed by atoms with Gasteiger partial charge >= 0.3 is 0 Å². The van der Waals surface area contributed by atoms with E-state index in [-0.39, 0.29) is 30.4 Å². The molecule has 2 heterocycles. The molecule has 0 radical (unpaired) electrons. The van der Waals surface area contributed by atoms with Gasteiger partial charge in [0.1, 0.15) is 0 Å². The number of hydrogen-bond donors (Lipinski definition) is 2. The molecule has 3 N–H and O–H groups in total. The number of piperidine rings is 1. The van der Waals surface area contributed by atoms with Crippen molar-refractivity contribution in [1.29, 1.82) is 5.41 Å². The second kappa shape index (κ2) is 13.2. The van der Waals surface area contributed by atoms with Crippen LogP contribution in [0.15, 0.2) is 60.7 Å². The maximum Gasteiger partial charge on any atom is 0.231 e. The van der Waals surface area contributed by atoms with Gasteiger partial charge in [0.15, 0.2) is 23.0 Å². The molecule has 1 saturated heterocycles. The number of Topliss-reactive ketones (excluding diaryl/α,β-unsaturated/α-hetero) is 1. The number of methoxy groups -OCH3 is 3. The summed E-state index contributed by atoms with van der Waals surface area (Å²) in [7, 11) is 4.47. The first kappa shape index (κ1) is 31.8. The van der Waals surface area contributed by atoms with Crippen molar-refractivity contribution in [3.8, 4) is 28.7 Å². The first-order valence-electron chi connectivity index (χ1n) is 15.0. The van der Waals surface area contributed by atoms with Crippen LogP contribution in [-0.4, -0.2) is 70.1 Å². The maximum absolute atomic E-state index is 13.7. The van der Waals surface area contributed by atoms with Crippen LogP contribution in [0.4, 0.5) is 0 Å². The zero-order chi connectivity index (χ0) is 32.2. The van der Waals surface area contributed by atoms with Gasteiger partial charge in [-0.1, -0.05) is 43.3 Å². The summed E-state index contributed by atoms with van der Waals surface area (Å²) in [5, 5.41) is 8.98. The number of benzene rings is 3. The topological polar surface area (TPSA) is 133 Å². The number of hydrogen-bond acceptors (Lipinski definition) is 9. The number of likely N-dealkylation sites (tertiary alicyclic amines) is 1. The number of ketones is 1. The van der Waals surface area contributed by atoms with Crippen LogP contribution in [0.1, 0.15) is 54.1 Å². The van der Waals surface area contributed by atoms with E-state index in [0.717, 1.165) is 11.1 Å². The van der Waals surface area contributed by atoms with E-state index in [1.54, 1.807) is 12.1 Å². The lowest BCUT2D eigenvalue weighted by Gasteiger charge is -2.41. The highest BCUT2D eigenvalue weighted by molar-refractivity contribution is 6.45. The van der Waals surface area contributed by atoms with Crippen LogP contribution in [0.3, 0.4) is 0 Å². The number of nitrogens with zero attached hydrogens (tertiary/aromatic N) is 1. The number of rotatable bonds is 13. The molecule has 1 unspecified atom stereocenters. The molecule has 2 aliphatic heterocycles. The summed E-state index contributed by atoms with van der Waals surface area (Å²) < 4.78 is 27.5. The van der Waals surface area contributed by atoms with E-state index in [0.29, 0.717) is 67.6 Å². The van der Waals surface area contributed by atoms with E-state index >= 15 is 0 Å². The standard InChI is InChI=1S/C35H41N3O7/c1-34(25-10-11-27-28(20-25)45-22-44-27,21-26(36)31(39)23-18-29(41-2)32(43-4)30(19-23)42-3)12-15-38-16-13-35(14-17-38,33(37)40)24-8-6-5-7-9-24/h5-11,18-20,36H,12-17,21-22H2,1-4H3,(H2,37,40). The summed E-state index contributed by atoms with van der Waals surface area (Å²) in [6.07, 6.45) is 2.10. The van der Waals surface area contributed by atoms with Crippen LogP contribution in [-0.2, 0) is 15.6 Å². The van der Waals surface area contributed by atoms with Gasteiger partial charge in [-0.3, -0.25) is 9.59 Å². The fraction of sp³-hybridized carbons (Fsp3) is 0.400. The first-order valence-corrected chi connectivity index (χ1v) is 15.0. The Morgan fingerprint density at radius 1 is 0.933 bits per heavy atom. The molecule has 10 nitrogen and oxygen atoms in total. The summed E-state index contributed by atoms with van der Waals surface area (Å²) in [5.74, 6) is 1.67. The second-order valence-corrected chi connectivity index (χ2v) is 11.9. The van der Waals surface area contributed by atoms with Crippen molar-refractivity contribution in [2.24, 2.45) is 5.73 Å². The number of ether oxygens (including phenoxy) is 5. The molecule has 1 amide bonds. The van der Waals surface area contributed by atoms with E-state index in [9.17, 15) is 9.59 Å². The van der Waals surface area contributed by atoms with E-state index < -0.39 is 16.6 Å². The highest BCUT2D eigenvalue weighted by Gasteiger charge is 2.42. The molecule has 45 heavy (non-hydrogen) atoms. The van der Waals surface area contributed by atoms with Gasteiger partial charge < -0.3 is 39.7 Å². The molecule has 10 heteroatoms. The first-order chi connectivity index (χ1) is 21.6. The summed E-state index contributed by atoms with van der Waals surface area (Å²) in [4.78, 5) is 28.7. The van der Waals surface area contributed by atoms with Crippen molar-refractivity contribution < 1.29 is 33.3 Å². The molecule has 3 aromatic rings. The highest BCUT2D eigenvalue weighted by Crippen LogP contribution is 2.42. The van der Waals surface area contributed by atoms with Crippen LogP contribution >= 0.6 is 0 Å². The Morgan fingerprint density at radius 3 is 2.18 bits per heavy atom. The SMILES string of the molecule is COc1cc(C(=O)C(=N)CC(C)(CCN2CCC(C(N)=O)(c3ccccc3)CC2)c2ccc3c(c2)OCO3)cc(OC)c1OC. The third kappa shape index (κ3) is 6.33. The van der Waals surface area contributed by atoms with Gasteiger partial charge in [0.2, 0.25) is 24.2 Å². The average Bonchev–Trinajstić information content (AvgIpc) is 3.55. The Kier molecular flexibility index (Phi) is 9.34. The lowest BCUT2D eigenvalue weighted by atomic mass is 9.71. The Labute approximate surface area is 263 Å². The minimum atomic E-state index is -0.687. The lowest BCUT2D eigenvalue weighted by molar-refractivity contribution is -0.125. The number of fused-ring (bicyclic) bond motifs is 1. The van der Waals surface area contributed by atoms with Crippen LogP contribution in [0.2, 0.25) is 0 Å². The smallest absolute Gasteiger partial charge is 0.231 e. The fourth-order valence-corrected chi connectivity index (χ4v) is 6.46. The molecule has 0 spiro atoms. The number of amides is 1. The van der Waals surface area contributed by atoms with Crippen LogP contribution in [0.25, 0.3) is 0 Å². The van der Waals surface area contributed by atoms with Crippen molar-refractivity contribution in [3.63, 3.8) is 0 Å². The minimum Gasteiger partial charge on any atom is -0.493 e. The predicted octanol–water partition coefficient (Wildman–Crippen LogP) is 4.90. The summed E-state index contributed by atoms with van der Waals surface area (Å²) in [6.45, 7) is 4.35. The average molecular weight is 616 g/mol. The molecule has 2 aliphatic rings. The molecule has 0 aromatic heterocycles. The molecule has 0 bridgehead atoms. The molecular weight excluding hydrogens is 574 g/mol. The monoisotopic (exact) mass is 615 g/mol. The highest BCUT2D eigenvalue weighted by atomic mass is 16.7. The van der Waals surface area contributed by atoms with Crippen molar-refractivity contribution in [2.45, 2.75) is 43.4 Å². The van der Waals surface area contributed by atoms with Crippen molar-refractivity contribution >= 4 is 17.4 Å². The largest absolute Gasteiger partial charge is 0.493 e. The third-order valence-electron chi connectivity index (χ3n) is 9.32. The number of carbonyl (C=O) groups excluding carboxylic acids is 2. The molecule has 0 saturated carbocycles. The number of nitrogens with one attached hydrogen (secondary N) is 1. The van der Waals surface area contributed by atoms with Crippen LogP contribution in [0.5, 0.6) is 28.7 Å². The minimum absolute atomic E-state index is 0.0418.